The van der Waals surface area contributed by atoms with Gasteiger partial charge >= 0.3 is 0 Å². The van der Waals surface area contributed by atoms with E-state index in [-0.39, 0.29) is 19.0 Å². The fourth-order valence-electron chi connectivity index (χ4n) is 4.15. The average Bonchev–Trinajstić information content (AvgIpc) is 3.36. The molecule has 0 spiro atoms. The molecule has 3 aromatic carbocycles. The van der Waals surface area contributed by atoms with Crippen LogP contribution in [0.2, 0.25) is 0 Å². The maximum absolute atomic E-state index is 13.0. The van der Waals surface area contributed by atoms with E-state index >= 15 is 0 Å². The Morgan fingerprint density at radius 2 is 1.58 bits per heavy atom. The van der Waals surface area contributed by atoms with Gasteiger partial charge in [-0.05, 0) is 66.9 Å². The second-order valence-corrected chi connectivity index (χ2v) is 11.0. The Morgan fingerprint density at radius 1 is 0.947 bits per heavy atom. The van der Waals surface area contributed by atoms with Crippen molar-refractivity contribution >= 4 is 21.6 Å². The van der Waals surface area contributed by atoms with Crippen LogP contribution in [0.4, 0.5) is 5.69 Å². The molecule has 0 unspecified atom stereocenters. The molecule has 1 amide bonds. The lowest BCUT2D eigenvalue weighted by atomic mass is 10.1. The highest BCUT2D eigenvalue weighted by Gasteiger charge is 2.22. The van der Waals surface area contributed by atoms with Crippen molar-refractivity contribution in [1.29, 1.82) is 0 Å². The second kappa shape index (κ2) is 11.1. The minimum absolute atomic E-state index is 0.137. The number of sulfonamides is 1. The Morgan fingerprint density at radius 3 is 2.16 bits per heavy atom. The fourth-order valence-corrected chi connectivity index (χ4v) is 5.15. The molecule has 4 rings (SSSR count). The molecule has 1 heterocycles. The van der Waals surface area contributed by atoms with Gasteiger partial charge in [-0.1, -0.05) is 35.5 Å². The number of nitrogens with zero attached hydrogens (tertiary/aromatic N) is 4. The van der Waals surface area contributed by atoms with E-state index in [4.69, 9.17) is 9.26 Å². The summed E-state index contributed by atoms with van der Waals surface area (Å²) in [6.45, 7) is 4.08. The molecule has 0 aliphatic heterocycles. The van der Waals surface area contributed by atoms with E-state index in [1.165, 1.54) is 15.5 Å². The topological polar surface area (TPSA) is 106 Å². The van der Waals surface area contributed by atoms with Crippen molar-refractivity contribution in [3.63, 3.8) is 0 Å². The van der Waals surface area contributed by atoms with Crippen LogP contribution in [0.1, 0.15) is 32.9 Å². The molecular formula is C28H30N4O5S. The average molecular weight is 535 g/mol. The number of aryl methyl sites for hydroxylation is 2. The molecule has 0 fully saturated rings. The molecule has 4 aromatic rings. The van der Waals surface area contributed by atoms with Crippen LogP contribution in [-0.4, -0.2) is 49.8 Å². The molecule has 9 nitrogen and oxygen atoms in total. The van der Waals surface area contributed by atoms with Crippen LogP contribution >= 0.6 is 0 Å². The lowest BCUT2D eigenvalue weighted by molar-refractivity contribution is 0.0769. The van der Waals surface area contributed by atoms with Crippen LogP contribution in [0.15, 0.2) is 71.3 Å². The molecule has 0 saturated heterocycles. The first-order valence-electron chi connectivity index (χ1n) is 11.9. The maximum Gasteiger partial charge on any atom is 0.254 e. The summed E-state index contributed by atoms with van der Waals surface area (Å²) in [7, 11) is -0.280. The minimum Gasteiger partial charge on any atom is -0.497 e. The fraction of sp³-hybridized carbons (Fsp3) is 0.250. The lowest BCUT2D eigenvalue weighted by Gasteiger charge is -2.26. The van der Waals surface area contributed by atoms with E-state index in [2.05, 4.69) is 10.1 Å². The number of hydrogen-bond donors (Lipinski definition) is 0. The van der Waals surface area contributed by atoms with Gasteiger partial charge in [0, 0.05) is 18.2 Å². The summed E-state index contributed by atoms with van der Waals surface area (Å²) >= 11 is 0. The quantitative estimate of drug-likeness (QED) is 0.309. The van der Waals surface area contributed by atoms with E-state index in [9.17, 15) is 13.2 Å². The zero-order chi connectivity index (χ0) is 27.4. The minimum atomic E-state index is -3.53. The number of ether oxygens (including phenoxy) is 1. The molecule has 198 valence electrons. The van der Waals surface area contributed by atoms with Gasteiger partial charge in [0.1, 0.15) is 5.75 Å². The van der Waals surface area contributed by atoms with Crippen molar-refractivity contribution < 1.29 is 22.5 Å². The van der Waals surface area contributed by atoms with Crippen LogP contribution in [-0.2, 0) is 23.1 Å². The Kier molecular flexibility index (Phi) is 7.82. The van der Waals surface area contributed by atoms with Gasteiger partial charge in [0.15, 0.2) is 0 Å². The number of benzene rings is 3. The van der Waals surface area contributed by atoms with Crippen molar-refractivity contribution in [2.45, 2.75) is 26.9 Å². The predicted molar refractivity (Wildman–Crippen MR) is 145 cm³/mol. The predicted octanol–water partition coefficient (Wildman–Crippen LogP) is 4.60. The van der Waals surface area contributed by atoms with Gasteiger partial charge in [0.25, 0.3) is 5.91 Å². The number of carbonyl (C=O) groups excluding carboxylic acids is 1. The second-order valence-electron chi connectivity index (χ2n) is 9.11. The van der Waals surface area contributed by atoms with Crippen molar-refractivity contribution in [2.75, 3.05) is 24.7 Å². The zero-order valence-electron chi connectivity index (χ0n) is 22.0. The highest BCUT2D eigenvalue weighted by atomic mass is 32.2. The summed E-state index contributed by atoms with van der Waals surface area (Å²) in [4.78, 5) is 18.9. The first-order chi connectivity index (χ1) is 18.1. The highest BCUT2D eigenvalue weighted by molar-refractivity contribution is 7.92. The zero-order valence-corrected chi connectivity index (χ0v) is 22.8. The summed E-state index contributed by atoms with van der Waals surface area (Å²) in [5.74, 6) is 1.23. The van der Waals surface area contributed by atoms with E-state index in [0.717, 1.165) is 28.0 Å². The normalized spacial score (nSPS) is 11.3. The number of anilines is 1. The molecule has 38 heavy (non-hydrogen) atoms. The summed E-state index contributed by atoms with van der Waals surface area (Å²) in [6.07, 6.45) is 1.20. The third-order valence-corrected chi connectivity index (χ3v) is 7.26. The summed E-state index contributed by atoms with van der Waals surface area (Å²) < 4.78 is 37.2. The SMILES string of the molecule is COc1ccc(-c2noc(CN(C)C(=O)c3ccc(CN(c4c(C)cccc4C)S(C)(=O)=O)cc3)n2)cc1. The number of carbonyl (C=O) groups is 1. The van der Waals surface area contributed by atoms with Crippen LogP contribution in [0.3, 0.4) is 0 Å². The molecule has 0 aliphatic rings. The smallest absolute Gasteiger partial charge is 0.254 e. The Balaban J connectivity index is 1.45. The van der Waals surface area contributed by atoms with Crippen molar-refractivity contribution in [2.24, 2.45) is 0 Å². The van der Waals surface area contributed by atoms with E-state index in [0.29, 0.717) is 23.0 Å². The molecule has 0 aliphatic carbocycles. The van der Waals surface area contributed by atoms with Gasteiger partial charge in [-0.25, -0.2) is 8.42 Å². The Hall–Kier alpha value is -4.18. The van der Waals surface area contributed by atoms with Gasteiger partial charge in [-0.15, -0.1) is 0 Å². The lowest BCUT2D eigenvalue weighted by Crippen LogP contribution is -2.30. The number of aromatic nitrogens is 2. The molecule has 1 aromatic heterocycles. The van der Waals surface area contributed by atoms with E-state index in [1.807, 2.05) is 56.3 Å². The molecule has 0 atom stereocenters. The van der Waals surface area contributed by atoms with Gasteiger partial charge in [-0.2, -0.15) is 4.98 Å². The van der Waals surface area contributed by atoms with Crippen molar-refractivity contribution in [1.82, 2.24) is 15.0 Å². The third-order valence-electron chi connectivity index (χ3n) is 6.15. The van der Waals surface area contributed by atoms with E-state index in [1.54, 1.807) is 38.4 Å². The number of para-hydroxylation sites is 1. The van der Waals surface area contributed by atoms with Gasteiger partial charge in [-0.3, -0.25) is 9.10 Å². The van der Waals surface area contributed by atoms with Crippen LogP contribution in [0.5, 0.6) is 5.75 Å². The highest BCUT2D eigenvalue weighted by Crippen LogP contribution is 2.28. The van der Waals surface area contributed by atoms with Crippen LogP contribution < -0.4 is 9.04 Å². The van der Waals surface area contributed by atoms with Crippen LogP contribution in [0.25, 0.3) is 11.4 Å². The number of hydrogen-bond acceptors (Lipinski definition) is 7. The molecular weight excluding hydrogens is 504 g/mol. The first kappa shape index (κ1) is 26.9. The van der Waals surface area contributed by atoms with Gasteiger partial charge < -0.3 is 14.2 Å². The molecule has 0 saturated carbocycles. The number of rotatable bonds is 9. The van der Waals surface area contributed by atoms with Crippen LogP contribution in [0, 0.1) is 13.8 Å². The van der Waals surface area contributed by atoms with Crippen molar-refractivity contribution in [3.05, 3.63) is 94.9 Å². The Labute approximate surface area is 222 Å². The van der Waals surface area contributed by atoms with Crippen molar-refractivity contribution in [3.8, 4) is 17.1 Å². The summed E-state index contributed by atoms with van der Waals surface area (Å²) in [5, 5.41) is 4.00. The van der Waals surface area contributed by atoms with Gasteiger partial charge in [0.05, 0.1) is 32.1 Å². The first-order valence-corrected chi connectivity index (χ1v) is 13.8. The number of methoxy groups -OCH3 is 1. The Bertz CT molecular complexity index is 1510. The largest absolute Gasteiger partial charge is 0.497 e. The molecule has 0 radical (unpaired) electrons. The molecule has 0 N–H and O–H groups in total. The summed E-state index contributed by atoms with van der Waals surface area (Å²) in [5.41, 5.74) is 4.42. The number of amides is 1. The van der Waals surface area contributed by atoms with E-state index < -0.39 is 10.0 Å². The molecule has 0 bridgehead atoms. The monoisotopic (exact) mass is 534 g/mol. The van der Waals surface area contributed by atoms with Gasteiger partial charge in [0.2, 0.25) is 21.7 Å². The summed E-state index contributed by atoms with van der Waals surface area (Å²) in [6, 6.07) is 19.9. The third kappa shape index (κ3) is 6.03. The standard InChI is InChI=1S/C28H30N4O5S/c1-19-7-6-8-20(2)26(19)32(38(5,34)35)17-21-9-11-23(12-10-21)28(33)31(3)18-25-29-27(30-37-25)22-13-15-24(36-4)16-14-22/h6-16H,17-18H2,1-5H3. The molecule has 10 heteroatoms. The maximum atomic E-state index is 13.0.